The highest BCUT2D eigenvalue weighted by Crippen LogP contribution is 2.01. The maximum Gasteiger partial charge on any atom is 0.120 e. The van der Waals surface area contributed by atoms with Crippen LogP contribution in [0.5, 0.6) is 0 Å². The fourth-order valence-corrected chi connectivity index (χ4v) is 0.282. The Balaban J connectivity index is 2.98. The summed E-state index contributed by atoms with van der Waals surface area (Å²) in [6.07, 6.45) is 2.46. The summed E-state index contributed by atoms with van der Waals surface area (Å²) < 4.78 is 0. The van der Waals surface area contributed by atoms with Crippen LogP contribution < -0.4 is 0 Å². The van der Waals surface area contributed by atoms with E-state index in [4.69, 9.17) is 0 Å². The predicted octanol–water partition coefficient (Wildman–Crippen LogP) is 1.44. The number of carbonyl (C=O) groups excluding carboxylic acids is 1. The Morgan fingerprint density at radius 3 is 2.57 bits per heavy atom. The second kappa shape index (κ2) is 3.85. The highest BCUT2D eigenvalue weighted by molar-refractivity contribution is 5.49. The molecule has 0 spiro atoms. The van der Waals surface area contributed by atoms with Crippen LogP contribution in [-0.2, 0) is 4.79 Å². The number of hydrogen-bond donors (Lipinski definition) is 0. The average Bonchev–Trinajstić information content (AvgIpc) is 1.68. The molecule has 41 valence electrons. The fraction of sp³-hybridized carbons (Fsp3) is 0.667. The quantitative estimate of drug-likeness (QED) is 0.489. The lowest BCUT2D eigenvalue weighted by molar-refractivity contribution is -0.108. The molecule has 1 unspecified atom stereocenters. The maximum atomic E-state index is 9.75. The van der Waals surface area contributed by atoms with Gasteiger partial charge in [0.25, 0.3) is 0 Å². The van der Waals surface area contributed by atoms with Crippen molar-refractivity contribution in [1.29, 1.82) is 0 Å². The summed E-state index contributed by atoms with van der Waals surface area (Å²) in [5.74, 6) is 0.470. The third-order valence-electron chi connectivity index (χ3n) is 0.991. The van der Waals surface area contributed by atoms with Crippen molar-refractivity contribution in [1.82, 2.24) is 0 Å². The van der Waals surface area contributed by atoms with Crippen molar-refractivity contribution in [3.05, 3.63) is 6.92 Å². The summed E-state index contributed by atoms with van der Waals surface area (Å²) in [6, 6.07) is 0. The SMILES string of the molecule is [CH2]CC(C)CC=O. The first-order valence-corrected chi connectivity index (χ1v) is 2.54. The lowest BCUT2D eigenvalue weighted by atomic mass is 10.1. The summed E-state index contributed by atoms with van der Waals surface area (Å²) in [4.78, 5) is 9.75. The zero-order valence-electron chi connectivity index (χ0n) is 4.68. The Morgan fingerprint density at radius 1 is 1.86 bits per heavy atom. The molecule has 0 aliphatic carbocycles. The molecule has 0 heterocycles. The second-order valence-corrected chi connectivity index (χ2v) is 1.80. The molecule has 0 aromatic rings. The van der Waals surface area contributed by atoms with Gasteiger partial charge < -0.3 is 4.79 Å². The van der Waals surface area contributed by atoms with Crippen LogP contribution in [0.25, 0.3) is 0 Å². The summed E-state index contributed by atoms with van der Waals surface area (Å²) in [7, 11) is 0. The topological polar surface area (TPSA) is 17.1 Å². The van der Waals surface area contributed by atoms with Gasteiger partial charge in [-0.3, -0.25) is 0 Å². The van der Waals surface area contributed by atoms with Crippen molar-refractivity contribution in [2.24, 2.45) is 5.92 Å². The molecule has 0 bridgehead atoms. The molecule has 0 rings (SSSR count). The van der Waals surface area contributed by atoms with Crippen LogP contribution in [0.15, 0.2) is 0 Å². The van der Waals surface area contributed by atoms with Gasteiger partial charge in [-0.25, -0.2) is 0 Å². The fourth-order valence-electron chi connectivity index (χ4n) is 0.282. The first kappa shape index (κ1) is 6.67. The molecule has 0 aromatic carbocycles. The van der Waals surface area contributed by atoms with Gasteiger partial charge in [-0.05, 0) is 5.92 Å². The molecule has 0 aromatic heterocycles. The molecule has 1 heteroatoms. The summed E-state index contributed by atoms with van der Waals surface area (Å²) in [5.41, 5.74) is 0. The third-order valence-corrected chi connectivity index (χ3v) is 0.991. The summed E-state index contributed by atoms with van der Waals surface area (Å²) in [5, 5.41) is 0. The smallest absolute Gasteiger partial charge is 0.120 e. The van der Waals surface area contributed by atoms with Crippen molar-refractivity contribution >= 4 is 6.29 Å². The van der Waals surface area contributed by atoms with Crippen molar-refractivity contribution in [3.8, 4) is 0 Å². The molecule has 0 N–H and O–H groups in total. The van der Waals surface area contributed by atoms with Crippen molar-refractivity contribution in [2.75, 3.05) is 0 Å². The van der Waals surface area contributed by atoms with Crippen molar-refractivity contribution < 1.29 is 4.79 Å². The van der Waals surface area contributed by atoms with E-state index < -0.39 is 0 Å². The first-order chi connectivity index (χ1) is 3.31. The summed E-state index contributed by atoms with van der Waals surface area (Å²) in [6.45, 7) is 5.66. The van der Waals surface area contributed by atoms with E-state index in [1.165, 1.54) is 0 Å². The number of aldehydes is 1. The third kappa shape index (κ3) is 3.50. The van der Waals surface area contributed by atoms with Crippen LogP contribution in [0.1, 0.15) is 19.8 Å². The van der Waals surface area contributed by atoms with Crippen LogP contribution in [0.3, 0.4) is 0 Å². The normalized spacial score (nSPS) is 13.4. The molecule has 1 atom stereocenters. The monoisotopic (exact) mass is 99.1 g/mol. The van der Waals surface area contributed by atoms with Gasteiger partial charge in [-0.2, -0.15) is 0 Å². The minimum atomic E-state index is 0.470. The van der Waals surface area contributed by atoms with Gasteiger partial charge in [0.1, 0.15) is 6.29 Å². The van der Waals surface area contributed by atoms with Gasteiger partial charge in [0.05, 0.1) is 0 Å². The maximum absolute atomic E-state index is 9.75. The van der Waals surface area contributed by atoms with Crippen LogP contribution in [0.4, 0.5) is 0 Å². The van der Waals surface area contributed by atoms with Gasteiger partial charge in [-0.1, -0.05) is 20.3 Å². The molecule has 0 fully saturated rings. The number of carbonyl (C=O) groups is 1. The Hall–Kier alpha value is -0.330. The Bertz CT molecular complexity index is 50.1. The van der Waals surface area contributed by atoms with Gasteiger partial charge in [-0.15, -0.1) is 0 Å². The molecule has 0 saturated carbocycles. The van der Waals surface area contributed by atoms with E-state index in [0.29, 0.717) is 12.3 Å². The van der Waals surface area contributed by atoms with Crippen molar-refractivity contribution in [3.63, 3.8) is 0 Å². The van der Waals surface area contributed by atoms with Gasteiger partial charge in [0.2, 0.25) is 0 Å². The first-order valence-electron chi connectivity index (χ1n) is 2.54. The van der Waals surface area contributed by atoms with E-state index in [-0.39, 0.29) is 0 Å². The molecular formula is C6H11O. The minimum absolute atomic E-state index is 0.470. The van der Waals surface area contributed by atoms with E-state index in [0.717, 1.165) is 12.7 Å². The standard InChI is InChI=1S/C6H11O/c1-3-6(2)4-5-7/h5-6H,1,3-4H2,2H3. The molecular weight excluding hydrogens is 88.1 g/mol. The lowest BCUT2D eigenvalue weighted by Crippen LogP contribution is -1.90. The number of hydrogen-bond acceptors (Lipinski definition) is 1. The molecule has 1 nitrogen and oxygen atoms in total. The van der Waals surface area contributed by atoms with Crippen LogP contribution >= 0.6 is 0 Å². The molecule has 0 amide bonds. The predicted molar refractivity (Wildman–Crippen MR) is 29.8 cm³/mol. The van der Waals surface area contributed by atoms with Gasteiger partial charge >= 0.3 is 0 Å². The Labute approximate surface area is 44.7 Å². The van der Waals surface area contributed by atoms with Crippen molar-refractivity contribution in [2.45, 2.75) is 19.8 Å². The average molecular weight is 99.2 g/mol. The van der Waals surface area contributed by atoms with E-state index in [2.05, 4.69) is 6.92 Å². The molecule has 7 heavy (non-hydrogen) atoms. The molecule has 0 saturated heterocycles. The highest BCUT2D eigenvalue weighted by atomic mass is 16.1. The molecule has 0 aliphatic rings. The van der Waals surface area contributed by atoms with Gasteiger partial charge in [0, 0.05) is 6.42 Å². The Kier molecular flexibility index (Phi) is 3.67. The Morgan fingerprint density at radius 2 is 2.43 bits per heavy atom. The zero-order chi connectivity index (χ0) is 5.70. The molecule has 0 aliphatic heterocycles. The van der Waals surface area contributed by atoms with Crippen LogP contribution in [0, 0.1) is 12.8 Å². The lowest BCUT2D eigenvalue weighted by Gasteiger charge is -1.97. The zero-order valence-corrected chi connectivity index (χ0v) is 4.68. The van der Waals surface area contributed by atoms with E-state index in [9.17, 15) is 4.79 Å². The van der Waals surface area contributed by atoms with E-state index >= 15 is 0 Å². The van der Waals surface area contributed by atoms with E-state index in [1.54, 1.807) is 0 Å². The molecule has 1 radical (unpaired) electrons. The highest BCUT2D eigenvalue weighted by Gasteiger charge is 1.93. The number of rotatable bonds is 3. The largest absolute Gasteiger partial charge is 0.303 e. The van der Waals surface area contributed by atoms with E-state index in [1.807, 2.05) is 6.92 Å². The van der Waals surface area contributed by atoms with Crippen LogP contribution in [0.2, 0.25) is 0 Å². The van der Waals surface area contributed by atoms with Crippen LogP contribution in [-0.4, -0.2) is 6.29 Å². The van der Waals surface area contributed by atoms with Gasteiger partial charge in [0.15, 0.2) is 0 Å². The minimum Gasteiger partial charge on any atom is -0.303 e. The summed E-state index contributed by atoms with van der Waals surface area (Å²) >= 11 is 0. The second-order valence-electron chi connectivity index (χ2n) is 1.80.